The highest BCUT2D eigenvalue weighted by Gasteiger charge is 2.00. The van der Waals surface area contributed by atoms with E-state index in [0.29, 0.717) is 0 Å². The van der Waals surface area contributed by atoms with Gasteiger partial charge in [-0.2, -0.15) is 0 Å². The molecule has 0 aromatic heterocycles. The van der Waals surface area contributed by atoms with Crippen molar-refractivity contribution >= 4 is 0 Å². The van der Waals surface area contributed by atoms with E-state index in [4.69, 9.17) is 0 Å². The van der Waals surface area contributed by atoms with Gasteiger partial charge in [0.05, 0.1) is 6.10 Å². The Hall–Kier alpha value is -0.0800. The molecule has 16 heavy (non-hydrogen) atoms. The fourth-order valence-corrected chi connectivity index (χ4v) is 1.91. The van der Waals surface area contributed by atoms with Crippen LogP contribution in [0.2, 0.25) is 0 Å². The van der Waals surface area contributed by atoms with Gasteiger partial charge >= 0.3 is 0 Å². The highest BCUT2D eigenvalue weighted by Crippen LogP contribution is 2.06. The fourth-order valence-electron chi connectivity index (χ4n) is 1.91. The molecule has 2 nitrogen and oxygen atoms in total. The Bertz CT molecular complexity index is 128. The Morgan fingerprint density at radius 3 is 2.12 bits per heavy atom. The lowest BCUT2D eigenvalue weighted by Gasteiger charge is -2.10. The standard InChI is InChI=1S/C14H31NO/c1-3-5-6-7-8-9-10-12-15-13-14(16)11-4-2/h14-16H,3-13H2,1-2H3. The zero-order valence-electron chi connectivity index (χ0n) is 11.3. The van der Waals surface area contributed by atoms with Crippen molar-refractivity contribution in [1.29, 1.82) is 0 Å². The van der Waals surface area contributed by atoms with Crippen LogP contribution in [0.5, 0.6) is 0 Å². The first-order chi connectivity index (χ1) is 7.81. The van der Waals surface area contributed by atoms with E-state index in [0.717, 1.165) is 25.9 Å². The molecule has 98 valence electrons. The van der Waals surface area contributed by atoms with E-state index < -0.39 is 0 Å². The maximum atomic E-state index is 9.49. The van der Waals surface area contributed by atoms with Crippen molar-refractivity contribution in [3.05, 3.63) is 0 Å². The van der Waals surface area contributed by atoms with E-state index in [1.54, 1.807) is 0 Å². The Labute approximate surface area is 102 Å². The third-order valence-corrected chi connectivity index (χ3v) is 2.96. The maximum Gasteiger partial charge on any atom is 0.0664 e. The van der Waals surface area contributed by atoms with Crippen molar-refractivity contribution in [1.82, 2.24) is 5.32 Å². The summed E-state index contributed by atoms with van der Waals surface area (Å²) in [6.45, 7) is 6.20. The molecule has 0 saturated carbocycles. The summed E-state index contributed by atoms with van der Waals surface area (Å²) in [5.41, 5.74) is 0. The van der Waals surface area contributed by atoms with Gasteiger partial charge in [-0.15, -0.1) is 0 Å². The molecule has 0 aromatic rings. The Morgan fingerprint density at radius 2 is 1.50 bits per heavy atom. The lowest BCUT2D eigenvalue weighted by Crippen LogP contribution is -2.27. The molecule has 0 amide bonds. The Kier molecular flexibility index (Phi) is 12.9. The molecule has 1 atom stereocenters. The number of unbranched alkanes of at least 4 members (excludes halogenated alkanes) is 6. The lowest BCUT2D eigenvalue weighted by atomic mass is 10.1. The van der Waals surface area contributed by atoms with Crippen LogP contribution in [-0.2, 0) is 0 Å². The monoisotopic (exact) mass is 229 g/mol. The summed E-state index contributed by atoms with van der Waals surface area (Å²) in [7, 11) is 0. The molecule has 0 radical (unpaired) electrons. The van der Waals surface area contributed by atoms with E-state index >= 15 is 0 Å². The van der Waals surface area contributed by atoms with Gasteiger partial charge in [0.15, 0.2) is 0 Å². The summed E-state index contributed by atoms with van der Waals surface area (Å²) in [6, 6.07) is 0. The van der Waals surface area contributed by atoms with Crippen LogP contribution in [0.4, 0.5) is 0 Å². The van der Waals surface area contributed by atoms with Crippen molar-refractivity contribution < 1.29 is 5.11 Å². The van der Waals surface area contributed by atoms with Gasteiger partial charge in [-0.25, -0.2) is 0 Å². The van der Waals surface area contributed by atoms with E-state index in [1.165, 1.54) is 44.9 Å². The van der Waals surface area contributed by atoms with Gasteiger partial charge < -0.3 is 10.4 Å². The number of aliphatic hydroxyl groups excluding tert-OH is 1. The second kappa shape index (κ2) is 13.0. The molecule has 0 heterocycles. The normalized spacial score (nSPS) is 12.9. The van der Waals surface area contributed by atoms with Gasteiger partial charge in [0.25, 0.3) is 0 Å². The average Bonchev–Trinajstić information content (AvgIpc) is 2.27. The Balaban J connectivity index is 2.98. The van der Waals surface area contributed by atoms with Crippen molar-refractivity contribution in [2.45, 2.75) is 77.7 Å². The van der Waals surface area contributed by atoms with Crippen LogP contribution in [0.3, 0.4) is 0 Å². The fraction of sp³-hybridized carbons (Fsp3) is 1.00. The first-order valence-electron chi connectivity index (χ1n) is 7.20. The number of hydrogen-bond donors (Lipinski definition) is 2. The van der Waals surface area contributed by atoms with Crippen LogP contribution in [0, 0.1) is 0 Å². The van der Waals surface area contributed by atoms with Crippen LogP contribution in [0.15, 0.2) is 0 Å². The number of hydrogen-bond acceptors (Lipinski definition) is 2. The molecular weight excluding hydrogens is 198 g/mol. The van der Waals surface area contributed by atoms with Crippen molar-refractivity contribution in [3.63, 3.8) is 0 Å². The minimum absolute atomic E-state index is 0.144. The summed E-state index contributed by atoms with van der Waals surface area (Å²) < 4.78 is 0. The highest BCUT2D eigenvalue weighted by atomic mass is 16.3. The first kappa shape index (κ1) is 15.9. The molecular formula is C14H31NO. The number of rotatable bonds is 12. The minimum atomic E-state index is -0.144. The zero-order chi connectivity index (χ0) is 12.1. The molecule has 0 aliphatic carbocycles. The molecule has 0 aliphatic heterocycles. The summed E-state index contributed by atoms with van der Waals surface area (Å²) >= 11 is 0. The molecule has 0 bridgehead atoms. The van der Waals surface area contributed by atoms with Crippen LogP contribution in [0.1, 0.15) is 71.6 Å². The smallest absolute Gasteiger partial charge is 0.0664 e. The van der Waals surface area contributed by atoms with E-state index in [1.807, 2.05) is 0 Å². The molecule has 1 unspecified atom stereocenters. The number of aliphatic hydroxyl groups is 1. The van der Waals surface area contributed by atoms with Gasteiger partial charge in [-0.3, -0.25) is 0 Å². The summed E-state index contributed by atoms with van der Waals surface area (Å²) in [4.78, 5) is 0. The van der Waals surface area contributed by atoms with Crippen molar-refractivity contribution in [2.24, 2.45) is 0 Å². The molecule has 0 spiro atoms. The summed E-state index contributed by atoms with van der Waals surface area (Å²) in [5.74, 6) is 0. The van der Waals surface area contributed by atoms with Crippen molar-refractivity contribution in [2.75, 3.05) is 13.1 Å². The van der Waals surface area contributed by atoms with Crippen LogP contribution >= 0.6 is 0 Å². The summed E-state index contributed by atoms with van der Waals surface area (Å²) in [5, 5.41) is 12.8. The van der Waals surface area contributed by atoms with E-state index in [-0.39, 0.29) is 6.10 Å². The maximum absolute atomic E-state index is 9.49. The molecule has 0 aromatic carbocycles. The summed E-state index contributed by atoms with van der Waals surface area (Å²) in [6.07, 6.45) is 11.3. The van der Waals surface area contributed by atoms with Gasteiger partial charge in [0, 0.05) is 6.54 Å². The Morgan fingerprint density at radius 1 is 0.875 bits per heavy atom. The lowest BCUT2D eigenvalue weighted by molar-refractivity contribution is 0.161. The second-order valence-corrected chi connectivity index (χ2v) is 4.77. The topological polar surface area (TPSA) is 32.3 Å². The molecule has 0 aliphatic rings. The third-order valence-electron chi connectivity index (χ3n) is 2.96. The minimum Gasteiger partial charge on any atom is -0.392 e. The molecule has 0 rings (SSSR count). The molecule has 2 N–H and O–H groups in total. The van der Waals surface area contributed by atoms with Gasteiger partial charge in [0.1, 0.15) is 0 Å². The van der Waals surface area contributed by atoms with Gasteiger partial charge in [-0.1, -0.05) is 58.8 Å². The third kappa shape index (κ3) is 12.0. The first-order valence-corrected chi connectivity index (χ1v) is 7.20. The number of nitrogens with one attached hydrogen (secondary N) is 1. The van der Waals surface area contributed by atoms with E-state index in [2.05, 4.69) is 19.2 Å². The average molecular weight is 229 g/mol. The van der Waals surface area contributed by atoms with Crippen LogP contribution in [-0.4, -0.2) is 24.3 Å². The van der Waals surface area contributed by atoms with Crippen molar-refractivity contribution in [3.8, 4) is 0 Å². The second-order valence-electron chi connectivity index (χ2n) is 4.77. The predicted molar refractivity (Wildman–Crippen MR) is 71.8 cm³/mol. The van der Waals surface area contributed by atoms with E-state index in [9.17, 15) is 5.11 Å². The molecule has 0 saturated heterocycles. The SMILES string of the molecule is CCCCCCCCCNCC(O)CCC. The van der Waals surface area contributed by atoms with Gasteiger partial charge in [-0.05, 0) is 19.4 Å². The molecule has 0 fully saturated rings. The molecule has 2 heteroatoms. The van der Waals surface area contributed by atoms with Gasteiger partial charge in [0.2, 0.25) is 0 Å². The van der Waals surface area contributed by atoms with Crippen LogP contribution in [0.25, 0.3) is 0 Å². The van der Waals surface area contributed by atoms with Crippen LogP contribution < -0.4 is 5.32 Å². The predicted octanol–water partition coefficient (Wildman–Crippen LogP) is 3.49. The largest absolute Gasteiger partial charge is 0.392 e. The quantitative estimate of drug-likeness (QED) is 0.502. The highest BCUT2D eigenvalue weighted by molar-refractivity contribution is 4.58. The zero-order valence-corrected chi connectivity index (χ0v) is 11.3.